The summed E-state index contributed by atoms with van der Waals surface area (Å²) >= 11 is 1.62. The zero-order valence-corrected chi connectivity index (χ0v) is 10.3. The lowest BCUT2D eigenvalue weighted by molar-refractivity contribution is -0.138. The molecule has 2 aliphatic rings. The summed E-state index contributed by atoms with van der Waals surface area (Å²) in [5, 5.41) is 9.03. The molecule has 0 amide bonds. The van der Waals surface area contributed by atoms with E-state index in [4.69, 9.17) is 5.11 Å². The zero-order valence-electron chi connectivity index (χ0n) is 9.53. The molecule has 3 atom stereocenters. The van der Waals surface area contributed by atoms with Crippen molar-refractivity contribution in [1.29, 1.82) is 0 Å². The maximum absolute atomic E-state index is 11.0. The van der Waals surface area contributed by atoms with Gasteiger partial charge < -0.3 is 5.11 Å². The number of rotatable bonds is 4. The van der Waals surface area contributed by atoms with Crippen molar-refractivity contribution in [2.24, 2.45) is 17.8 Å². The van der Waals surface area contributed by atoms with Gasteiger partial charge in [-0.2, -0.15) is 0 Å². The van der Waals surface area contributed by atoms with Gasteiger partial charge in [0.25, 0.3) is 0 Å². The Bertz CT molecular complexity index is 262. The third-order valence-electron chi connectivity index (χ3n) is 4.06. The highest BCUT2D eigenvalue weighted by molar-refractivity contribution is 8.01. The standard InChI is InChI=1S/C12H20O2S/c1-12(2,11(13)14)15-7-10-6-8-3-4-9(10)5-8/h8-10H,3-7H2,1-2H3,(H,13,14). The number of thioether (sulfide) groups is 1. The van der Waals surface area contributed by atoms with Gasteiger partial charge in [0, 0.05) is 0 Å². The highest BCUT2D eigenvalue weighted by Crippen LogP contribution is 2.50. The molecule has 1 N–H and O–H groups in total. The third-order valence-corrected chi connectivity index (χ3v) is 5.55. The first-order valence-corrected chi connectivity index (χ1v) is 6.85. The number of carboxylic acid groups (broad SMARTS) is 1. The van der Waals surface area contributed by atoms with Crippen LogP contribution in [0.2, 0.25) is 0 Å². The second kappa shape index (κ2) is 4.00. The van der Waals surface area contributed by atoms with Crippen molar-refractivity contribution in [3.8, 4) is 0 Å². The van der Waals surface area contributed by atoms with Crippen LogP contribution in [0, 0.1) is 17.8 Å². The fraction of sp³-hybridized carbons (Fsp3) is 0.917. The van der Waals surface area contributed by atoms with Crippen molar-refractivity contribution in [2.75, 3.05) is 5.75 Å². The smallest absolute Gasteiger partial charge is 0.319 e. The van der Waals surface area contributed by atoms with E-state index < -0.39 is 10.7 Å². The van der Waals surface area contributed by atoms with E-state index in [0.29, 0.717) is 0 Å². The molecule has 0 spiro atoms. The maximum atomic E-state index is 11.0. The largest absolute Gasteiger partial charge is 0.480 e. The van der Waals surface area contributed by atoms with Crippen LogP contribution in [0.15, 0.2) is 0 Å². The summed E-state index contributed by atoms with van der Waals surface area (Å²) in [4.78, 5) is 11.0. The number of carboxylic acids is 1. The van der Waals surface area contributed by atoms with Gasteiger partial charge in [-0.25, -0.2) is 0 Å². The molecule has 2 bridgehead atoms. The molecule has 0 aromatic rings. The first-order valence-electron chi connectivity index (χ1n) is 5.86. The van der Waals surface area contributed by atoms with Gasteiger partial charge in [-0.05, 0) is 56.6 Å². The predicted octanol–water partition coefficient (Wildman–Crippen LogP) is 3.02. The highest BCUT2D eigenvalue weighted by Gasteiger charge is 2.40. The average Bonchev–Trinajstić information content (AvgIpc) is 2.75. The van der Waals surface area contributed by atoms with Crippen molar-refractivity contribution >= 4 is 17.7 Å². The van der Waals surface area contributed by atoms with Gasteiger partial charge in [0.05, 0.1) is 0 Å². The van der Waals surface area contributed by atoms with Crippen LogP contribution in [-0.2, 0) is 4.79 Å². The molecular weight excluding hydrogens is 208 g/mol. The molecule has 0 radical (unpaired) electrons. The predicted molar refractivity (Wildman–Crippen MR) is 63.1 cm³/mol. The van der Waals surface area contributed by atoms with Crippen molar-refractivity contribution < 1.29 is 9.90 Å². The lowest BCUT2D eigenvalue weighted by atomic mass is 9.90. The summed E-state index contributed by atoms with van der Waals surface area (Å²) in [7, 11) is 0. The molecule has 2 saturated carbocycles. The van der Waals surface area contributed by atoms with Crippen LogP contribution >= 0.6 is 11.8 Å². The van der Waals surface area contributed by atoms with Crippen molar-refractivity contribution in [2.45, 2.75) is 44.3 Å². The van der Waals surface area contributed by atoms with Gasteiger partial charge in [0.1, 0.15) is 4.75 Å². The average molecular weight is 228 g/mol. The van der Waals surface area contributed by atoms with Crippen molar-refractivity contribution in [1.82, 2.24) is 0 Å². The van der Waals surface area contributed by atoms with Gasteiger partial charge in [-0.1, -0.05) is 6.42 Å². The monoisotopic (exact) mass is 228 g/mol. The molecule has 0 aliphatic heterocycles. The number of fused-ring (bicyclic) bond motifs is 2. The molecule has 2 aliphatic carbocycles. The highest BCUT2D eigenvalue weighted by atomic mass is 32.2. The van der Waals surface area contributed by atoms with Gasteiger partial charge in [0.2, 0.25) is 0 Å². The fourth-order valence-corrected chi connectivity index (χ4v) is 4.12. The van der Waals surface area contributed by atoms with Gasteiger partial charge in [-0.3, -0.25) is 4.79 Å². The van der Waals surface area contributed by atoms with Crippen LogP contribution in [0.4, 0.5) is 0 Å². The van der Waals surface area contributed by atoms with Crippen LogP contribution in [0.5, 0.6) is 0 Å². The summed E-state index contributed by atoms with van der Waals surface area (Å²) < 4.78 is -0.609. The Morgan fingerprint density at radius 3 is 2.60 bits per heavy atom. The minimum Gasteiger partial charge on any atom is -0.480 e. The van der Waals surface area contributed by atoms with Crippen LogP contribution in [0.25, 0.3) is 0 Å². The number of hydrogen-bond donors (Lipinski definition) is 1. The van der Waals surface area contributed by atoms with E-state index in [1.165, 1.54) is 25.7 Å². The van der Waals surface area contributed by atoms with Crippen LogP contribution in [-0.4, -0.2) is 21.6 Å². The summed E-state index contributed by atoms with van der Waals surface area (Å²) in [6.07, 6.45) is 5.59. The molecule has 0 aromatic heterocycles. The first-order chi connectivity index (χ1) is 6.99. The Hall–Kier alpha value is -0.180. The van der Waals surface area contributed by atoms with E-state index in [0.717, 1.165) is 23.5 Å². The molecule has 15 heavy (non-hydrogen) atoms. The third kappa shape index (κ3) is 2.32. The molecule has 2 fully saturated rings. The zero-order chi connectivity index (χ0) is 11.1. The SMILES string of the molecule is CC(C)(SCC1CC2CCC1C2)C(=O)O. The van der Waals surface area contributed by atoms with E-state index in [2.05, 4.69) is 0 Å². The van der Waals surface area contributed by atoms with Gasteiger partial charge in [-0.15, -0.1) is 11.8 Å². The summed E-state index contributed by atoms with van der Waals surface area (Å²) in [6.45, 7) is 3.63. The number of carbonyl (C=O) groups is 1. The first kappa shape index (κ1) is 11.3. The van der Waals surface area contributed by atoms with Crippen LogP contribution in [0.3, 0.4) is 0 Å². The summed E-state index contributed by atoms with van der Waals surface area (Å²) in [5.74, 6) is 3.03. The van der Waals surface area contributed by atoms with E-state index in [1.54, 1.807) is 11.8 Å². The maximum Gasteiger partial charge on any atom is 0.319 e. The molecule has 86 valence electrons. The molecule has 0 aromatic carbocycles. The minimum absolute atomic E-state index is 0.609. The van der Waals surface area contributed by atoms with Crippen molar-refractivity contribution in [3.63, 3.8) is 0 Å². The van der Waals surface area contributed by atoms with Crippen molar-refractivity contribution in [3.05, 3.63) is 0 Å². The minimum atomic E-state index is -0.685. The van der Waals surface area contributed by atoms with E-state index in [1.807, 2.05) is 13.8 Å². The van der Waals surface area contributed by atoms with E-state index >= 15 is 0 Å². The van der Waals surface area contributed by atoms with Crippen LogP contribution in [0.1, 0.15) is 39.5 Å². The Morgan fingerprint density at radius 2 is 2.13 bits per heavy atom. The molecule has 0 saturated heterocycles. The molecule has 2 nitrogen and oxygen atoms in total. The summed E-state index contributed by atoms with van der Waals surface area (Å²) in [5.41, 5.74) is 0. The molecule has 3 heteroatoms. The van der Waals surface area contributed by atoms with Crippen LogP contribution < -0.4 is 0 Å². The molecular formula is C12H20O2S. The molecule has 0 heterocycles. The lowest BCUT2D eigenvalue weighted by Crippen LogP contribution is -2.29. The molecule has 3 unspecified atom stereocenters. The topological polar surface area (TPSA) is 37.3 Å². The Balaban J connectivity index is 1.81. The normalized spacial score (nSPS) is 34.7. The summed E-state index contributed by atoms with van der Waals surface area (Å²) in [6, 6.07) is 0. The quantitative estimate of drug-likeness (QED) is 0.803. The van der Waals surface area contributed by atoms with E-state index in [-0.39, 0.29) is 0 Å². The Morgan fingerprint density at radius 1 is 1.40 bits per heavy atom. The Kier molecular flexibility index (Phi) is 3.02. The second-order valence-electron chi connectivity index (χ2n) is 5.56. The fourth-order valence-electron chi connectivity index (χ4n) is 2.96. The van der Waals surface area contributed by atoms with Gasteiger partial charge >= 0.3 is 5.97 Å². The number of aliphatic carboxylic acids is 1. The Labute approximate surface area is 95.8 Å². The van der Waals surface area contributed by atoms with Gasteiger partial charge in [0.15, 0.2) is 0 Å². The second-order valence-corrected chi connectivity index (χ2v) is 7.20. The number of hydrogen-bond acceptors (Lipinski definition) is 2. The lowest BCUT2D eigenvalue weighted by Gasteiger charge is -2.25. The molecule has 2 rings (SSSR count). The van der Waals surface area contributed by atoms with E-state index in [9.17, 15) is 4.79 Å².